The zero-order valence-electron chi connectivity index (χ0n) is 14.4. The van der Waals surface area contributed by atoms with Crippen molar-refractivity contribution in [2.45, 2.75) is 78.7 Å². The van der Waals surface area contributed by atoms with Gasteiger partial charge in [-0.15, -0.1) is 0 Å². The van der Waals surface area contributed by atoms with Gasteiger partial charge < -0.3 is 4.74 Å². The third kappa shape index (κ3) is 2.24. The second kappa shape index (κ2) is 4.99. The molecule has 21 heavy (non-hydrogen) atoms. The van der Waals surface area contributed by atoms with Crippen molar-refractivity contribution in [1.29, 1.82) is 0 Å². The van der Waals surface area contributed by atoms with Crippen molar-refractivity contribution >= 4 is 5.97 Å². The first-order valence-corrected chi connectivity index (χ1v) is 9.00. The summed E-state index contributed by atoms with van der Waals surface area (Å²) >= 11 is 0. The summed E-state index contributed by atoms with van der Waals surface area (Å²) < 4.78 is 6.39. The highest BCUT2D eigenvalue weighted by Crippen LogP contribution is 2.64. The van der Waals surface area contributed by atoms with Crippen molar-refractivity contribution in [1.82, 2.24) is 0 Å². The number of hydrogen-bond donors (Lipinski definition) is 0. The molecular weight excluding hydrogens is 260 g/mol. The fourth-order valence-electron chi connectivity index (χ4n) is 5.86. The zero-order valence-corrected chi connectivity index (χ0v) is 14.4. The summed E-state index contributed by atoms with van der Waals surface area (Å²) in [6.45, 7) is 11.0. The fraction of sp³-hybridized carbons (Fsp3) is 0.947. The van der Waals surface area contributed by atoms with Crippen molar-refractivity contribution in [3.63, 3.8) is 0 Å². The number of hydrogen-bond acceptors (Lipinski definition) is 2. The zero-order chi connectivity index (χ0) is 15.4. The average Bonchev–Trinajstić information content (AvgIpc) is 2.39. The van der Waals surface area contributed by atoms with Crippen molar-refractivity contribution in [2.24, 2.45) is 35.0 Å². The Morgan fingerprint density at radius 2 is 1.57 bits per heavy atom. The van der Waals surface area contributed by atoms with Crippen LogP contribution in [0.25, 0.3) is 0 Å². The average molecular weight is 292 g/mol. The molecule has 0 heterocycles. The van der Waals surface area contributed by atoms with Crippen LogP contribution in [0.4, 0.5) is 0 Å². The van der Waals surface area contributed by atoms with E-state index in [1.807, 2.05) is 6.92 Å². The van der Waals surface area contributed by atoms with E-state index in [9.17, 15) is 4.79 Å². The minimum absolute atomic E-state index is 0.0291. The Morgan fingerprint density at radius 3 is 1.95 bits per heavy atom. The minimum Gasteiger partial charge on any atom is -0.458 e. The topological polar surface area (TPSA) is 26.3 Å². The molecule has 4 aliphatic carbocycles. The second-order valence-electron chi connectivity index (χ2n) is 9.08. The van der Waals surface area contributed by atoms with Gasteiger partial charge in [0.15, 0.2) is 0 Å². The lowest BCUT2D eigenvalue weighted by Crippen LogP contribution is -2.65. The van der Waals surface area contributed by atoms with E-state index < -0.39 is 0 Å². The Balaban J connectivity index is 1.93. The molecule has 120 valence electrons. The Bertz CT molecular complexity index is 390. The monoisotopic (exact) mass is 292 g/mol. The maximum absolute atomic E-state index is 12.6. The molecule has 0 radical (unpaired) electrons. The predicted molar refractivity (Wildman–Crippen MR) is 84.8 cm³/mol. The third-order valence-corrected chi connectivity index (χ3v) is 6.81. The normalized spacial score (nSPS) is 42.9. The molecule has 0 amide bonds. The lowest BCUT2D eigenvalue weighted by molar-refractivity contribution is -0.247. The first-order chi connectivity index (χ1) is 9.78. The van der Waals surface area contributed by atoms with Gasteiger partial charge in [0.05, 0.1) is 5.92 Å². The molecule has 1 unspecified atom stereocenters. The quantitative estimate of drug-likeness (QED) is 0.697. The number of esters is 1. The van der Waals surface area contributed by atoms with Gasteiger partial charge in [0.25, 0.3) is 0 Å². The van der Waals surface area contributed by atoms with Gasteiger partial charge in [-0.1, -0.05) is 34.6 Å². The predicted octanol–water partition coefficient (Wildman–Crippen LogP) is 4.82. The Kier molecular flexibility index (Phi) is 3.65. The van der Waals surface area contributed by atoms with Crippen LogP contribution in [0.1, 0.15) is 73.1 Å². The molecule has 0 aromatic carbocycles. The Labute approximate surface area is 130 Å². The van der Waals surface area contributed by atoms with Crippen molar-refractivity contribution in [3.05, 3.63) is 0 Å². The molecule has 0 aromatic rings. The molecule has 2 nitrogen and oxygen atoms in total. The summed E-state index contributed by atoms with van der Waals surface area (Å²) in [6.07, 6.45) is 7.47. The molecule has 4 aliphatic rings. The van der Waals surface area contributed by atoms with E-state index in [2.05, 4.69) is 27.7 Å². The van der Waals surface area contributed by atoms with E-state index in [0.29, 0.717) is 11.8 Å². The van der Waals surface area contributed by atoms with E-state index in [4.69, 9.17) is 4.74 Å². The molecule has 0 N–H and O–H groups in total. The molecule has 1 atom stereocenters. The minimum atomic E-state index is -0.207. The van der Waals surface area contributed by atoms with E-state index in [1.165, 1.54) is 32.1 Å². The van der Waals surface area contributed by atoms with Gasteiger partial charge >= 0.3 is 5.97 Å². The number of carbonyl (C=O) groups is 1. The highest BCUT2D eigenvalue weighted by atomic mass is 16.6. The summed E-state index contributed by atoms with van der Waals surface area (Å²) in [4.78, 5) is 12.6. The van der Waals surface area contributed by atoms with Crippen LogP contribution in [0.3, 0.4) is 0 Å². The summed E-state index contributed by atoms with van der Waals surface area (Å²) in [5.41, 5.74) is -0.167. The number of carbonyl (C=O) groups excluding carboxylic acids is 1. The summed E-state index contributed by atoms with van der Waals surface area (Å²) in [5.74, 6) is 3.08. The lowest BCUT2D eigenvalue weighted by atomic mass is 9.45. The SMILES string of the molecule is CCC(C)C(=O)OC1(C(C)(C)C)C2CC3CC(C2)CC1C3. The van der Waals surface area contributed by atoms with Crippen LogP contribution in [0.15, 0.2) is 0 Å². The van der Waals surface area contributed by atoms with Crippen LogP contribution in [-0.2, 0) is 9.53 Å². The van der Waals surface area contributed by atoms with E-state index in [0.717, 1.165) is 18.3 Å². The van der Waals surface area contributed by atoms with Gasteiger partial charge in [0.2, 0.25) is 0 Å². The molecule has 4 fully saturated rings. The maximum Gasteiger partial charge on any atom is 0.309 e. The Morgan fingerprint density at radius 1 is 1.10 bits per heavy atom. The molecule has 4 bridgehead atoms. The van der Waals surface area contributed by atoms with Crippen LogP contribution < -0.4 is 0 Å². The third-order valence-electron chi connectivity index (χ3n) is 6.81. The van der Waals surface area contributed by atoms with Gasteiger partial charge in [-0.25, -0.2) is 0 Å². The van der Waals surface area contributed by atoms with Crippen LogP contribution in [0, 0.1) is 35.0 Å². The summed E-state index contributed by atoms with van der Waals surface area (Å²) in [6, 6.07) is 0. The lowest BCUT2D eigenvalue weighted by Gasteiger charge is -2.64. The highest BCUT2D eigenvalue weighted by molar-refractivity contribution is 5.72. The van der Waals surface area contributed by atoms with E-state index in [-0.39, 0.29) is 22.9 Å². The largest absolute Gasteiger partial charge is 0.458 e. The van der Waals surface area contributed by atoms with Crippen molar-refractivity contribution in [2.75, 3.05) is 0 Å². The second-order valence-corrected chi connectivity index (χ2v) is 9.08. The maximum atomic E-state index is 12.6. The number of rotatable bonds is 3. The molecule has 4 rings (SSSR count). The van der Waals surface area contributed by atoms with Gasteiger partial charge in [-0.05, 0) is 50.4 Å². The smallest absolute Gasteiger partial charge is 0.309 e. The molecule has 4 saturated carbocycles. The highest BCUT2D eigenvalue weighted by Gasteiger charge is 2.64. The summed E-state index contributed by atoms with van der Waals surface area (Å²) in [7, 11) is 0. The van der Waals surface area contributed by atoms with Gasteiger partial charge in [0, 0.05) is 17.3 Å². The van der Waals surface area contributed by atoms with Crippen molar-refractivity contribution < 1.29 is 9.53 Å². The van der Waals surface area contributed by atoms with Crippen LogP contribution in [-0.4, -0.2) is 11.6 Å². The van der Waals surface area contributed by atoms with E-state index in [1.54, 1.807) is 0 Å². The van der Waals surface area contributed by atoms with Gasteiger partial charge in [-0.3, -0.25) is 4.79 Å². The first-order valence-electron chi connectivity index (χ1n) is 9.00. The summed E-state index contributed by atoms with van der Waals surface area (Å²) in [5, 5.41) is 0. The fourth-order valence-corrected chi connectivity index (χ4v) is 5.86. The van der Waals surface area contributed by atoms with Gasteiger partial charge in [0.1, 0.15) is 5.60 Å². The molecule has 0 saturated heterocycles. The standard InChI is InChI=1S/C19H32O2/c1-6-12(2)17(20)21-19(18(3,4)5)15-8-13-7-14(10-15)11-16(19)9-13/h12-16H,6-11H2,1-5H3. The molecule has 0 aromatic heterocycles. The van der Waals surface area contributed by atoms with Crippen LogP contribution >= 0.6 is 0 Å². The van der Waals surface area contributed by atoms with Crippen molar-refractivity contribution in [3.8, 4) is 0 Å². The first kappa shape index (κ1) is 15.4. The number of ether oxygens (including phenoxy) is 1. The van der Waals surface area contributed by atoms with Crippen LogP contribution in [0.2, 0.25) is 0 Å². The molecule has 0 aliphatic heterocycles. The van der Waals surface area contributed by atoms with Crippen LogP contribution in [0.5, 0.6) is 0 Å². The molecule has 0 spiro atoms. The Hall–Kier alpha value is -0.530. The molecular formula is C19H32O2. The molecule has 2 heteroatoms. The van der Waals surface area contributed by atoms with Gasteiger partial charge in [-0.2, -0.15) is 0 Å². The van der Waals surface area contributed by atoms with E-state index >= 15 is 0 Å².